The van der Waals surface area contributed by atoms with Gasteiger partial charge in [-0.2, -0.15) is 0 Å². The van der Waals surface area contributed by atoms with Crippen LogP contribution in [0.2, 0.25) is 0 Å². The molecule has 0 bridgehead atoms. The van der Waals surface area contributed by atoms with Crippen LogP contribution in [0.25, 0.3) is 0 Å². The predicted molar refractivity (Wildman–Crippen MR) is 73.8 cm³/mol. The fraction of sp³-hybridized carbons (Fsp3) is 0.857. The zero-order valence-corrected chi connectivity index (χ0v) is 11.9. The number of rotatable bonds is 10. The average molecular weight is 256 g/mol. The number of amides is 2. The van der Waals surface area contributed by atoms with Crippen LogP contribution in [0.5, 0.6) is 0 Å². The molecule has 0 saturated heterocycles. The zero-order valence-electron chi connectivity index (χ0n) is 11.9. The van der Waals surface area contributed by atoms with Gasteiger partial charge >= 0.3 is 0 Å². The maximum absolute atomic E-state index is 11.4. The molecule has 0 aliphatic carbocycles. The monoisotopic (exact) mass is 256 g/mol. The summed E-state index contributed by atoms with van der Waals surface area (Å²) >= 11 is 0. The second kappa shape index (κ2) is 12.4. The molecule has 4 heteroatoms. The van der Waals surface area contributed by atoms with Crippen molar-refractivity contribution in [2.24, 2.45) is 0 Å². The Bertz CT molecular complexity index is 206. The predicted octanol–water partition coefficient (Wildman–Crippen LogP) is 3.07. The summed E-state index contributed by atoms with van der Waals surface area (Å²) in [6.07, 6.45) is 9.59. The van der Waals surface area contributed by atoms with Gasteiger partial charge in [0.15, 0.2) is 0 Å². The standard InChI is InChI=1S/C14H28N2O2/c1-3-5-7-9-11-13(17)15-16-14(18)12-10-8-6-4-2/h3-12H2,1-2H3,(H,15,17)(H,16,18). The minimum Gasteiger partial charge on any atom is -0.273 e. The van der Waals surface area contributed by atoms with Crippen molar-refractivity contribution in [3.8, 4) is 0 Å². The first-order chi connectivity index (χ1) is 8.70. The smallest absolute Gasteiger partial charge is 0.238 e. The van der Waals surface area contributed by atoms with Crippen LogP contribution in [0.3, 0.4) is 0 Å². The number of hydrazine groups is 1. The highest BCUT2D eigenvalue weighted by atomic mass is 16.2. The number of nitrogens with one attached hydrogen (secondary N) is 2. The minimum atomic E-state index is -0.0898. The highest BCUT2D eigenvalue weighted by Crippen LogP contribution is 2.02. The van der Waals surface area contributed by atoms with E-state index in [0.717, 1.165) is 51.4 Å². The molecule has 18 heavy (non-hydrogen) atoms. The lowest BCUT2D eigenvalue weighted by Crippen LogP contribution is -2.41. The highest BCUT2D eigenvalue weighted by molar-refractivity contribution is 5.81. The van der Waals surface area contributed by atoms with Gasteiger partial charge in [-0.1, -0.05) is 52.4 Å². The molecule has 0 aliphatic heterocycles. The van der Waals surface area contributed by atoms with E-state index in [1.807, 2.05) is 0 Å². The van der Waals surface area contributed by atoms with Gasteiger partial charge in [-0.05, 0) is 12.8 Å². The highest BCUT2D eigenvalue weighted by Gasteiger charge is 2.04. The Labute approximate surface area is 111 Å². The third kappa shape index (κ3) is 11.4. The fourth-order valence-corrected chi connectivity index (χ4v) is 1.69. The van der Waals surface area contributed by atoms with E-state index in [2.05, 4.69) is 24.7 Å². The molecule has 0 aromatic carbocycles. The summed E-state index contributed by atoms with van der Waals surface area (Å²) in [6, 6.07) is 0. The van der Waals surface area contributed by atoms with Crippen LogP contribution in [0, 0.1) is 0 Å². The van der Waals surface area contributed by atoms with Crippen molar-refractivity contribution in [2.45, 2.75) is 78.1 Å². The van der Waals surface area contributed by atoms with E-state index in [1.54, 1.807) is 0 Å². The molecule has 106 valence electrons. The zero-order chi connectivity index (χ0) is 13.6. The van der Waals surface area contributed by atoms with Gasteiger partial charge in [0, 0.05) is 12.8 Å². The summed E-state index contributed by atoms with van der Waals surface area (Å²) in [6.45, 7) is 4.28. The molecule has 0 aliphatic rings. The number of carbonyl (C=O) groups excluding carboxylic acids is 2. The Balaban J connectivity index is 3.39. The lowest BCUT2D eigenvalue weighted by atomic mass is 10.1. The molecule has 0 unspecified atom stereocenters. The molecule has 2 amide bonds. The quantitative estimate of drug-likeness (QED) is 0.466. The van der Waals surface area contributed by atoms with Gasteiger partial charge < -0.3 is 0 Å². The summed E-state index contributed by atoms with van der Waals surface area (Å²) < 4.78 is 0. The fourth-order valence-electron chi connectivity index (χ4n) is 1.69. The van der Waals surface area contributed by atoms with Crippen molar-refractivity contribution < 1.29 is 9.59 Å². The summed E-state index contributed by atoms with van der Waals surface area (Å²) in [5.41, 5.74) is 4.92. The summed E-state index contributed by atoms with van der Waals surface area (Å²) in [7, 11) is 0. The minimum absolute atomic E-state index is 0.0898. The van der Waals surface area contributed by atoms with Crippen LogP contribution in [-0.4, -0.2) is 11.8 Å². The van der Waals surface area contributed by atoms with Crippen molar-refractivity contribution in [3.63, 3.8) is 0 Å². The van der Waals surface area contributed by atoms with E-state index in [0.29, 0.717) is 12.8 Å². The average Bonchev–Trinajstić information content (AvgIpc) is 2.37. The number of carbonyl (C=O) groups is 2. The van der Waals surface area contributed by atoms with Crippen LogP contribution < -0.4 is 10.9 Å². The molecule has 2 N–H and O–H groups in total. The van der Waals surface area contributed by atoms with Crippen molar-refractivity contribution in [2.75, 3.05) is 0 Å². The number of unbranched alkanes of at least 4 members (excludes halogenated alkanes) is 6. The van der Waals surface area contributed by atoms with Gasteiger partial charge in [-0.3, -0.25) is 20.4 Å². The van der Waals surface area contributed by atoms with E-state index >= 15 is 0 Å². The maximum atomic E-state index is 11.4. The van der Waals surface area contributed by atoms with Crippen LogP contribution in [-0.2, 0) is 9.59 Å². The summed E-state index contributed by atoms with van der Waals surface area (Å²) in [4.78, 5) is 22.7. The van der Waals surface area contributed by atoms with Crippen molar-refractivity contribution >= 4 is 11.8 Å². The second-order valence-corrected chi connectivity index (χ2v) is 4.72. The van der Waals surface area contributed by atoms with Crippen LogP contribution >= 0.6 is 0 Å². The molecule has 0 heterocycles. The second-order valence-electron chi connectivity index (χ2n) is 4.72. The molecule has 0 fully saturated rings. The molecule has 0 radical (unpaired) electrons. The lowest BCUT2D eigenvalue weighted by molar-refractivity contribution is -0.129. The summed E-state index contributed by atoms with van der Waals surface area (Å²) in [5, 5.41) is 0. The number of hydrogen-bond donors (Lipinski definition) is 2. The molecule has 0 spiro atoms. The van der Waals surface area contributed by atoms with Crippen molar-refractivity contribution in [3.05, 3.63) is 0 Å². The van der Waals surface area contributed by atoms with Gasteiger partial charge in [-0.25, -0.2) is 0 Å². The normalized spacial score (nSPS) is 10.1. The molecule has 0 rings (SSSR count). The van der Waals surface area contributed by atoms with Gasteiger partial charge in [0.2, 0.25) is 11.8 Å². The Morgan fingerprint density at radius 2 is 1.06 bits per heavy atom. The first kappa shape index (κ1) is 16.9. The van der Waals surface area contributed by atoms with E-state index < -0.39 is 0 Å². The van der Waals surface area contributed by atoms with Crippen LogP contribution in [0.15, 0.2) is 0 Å². The van der Waals surface area contributed by atoms with E-state index in [-0.39, 0.29) is 11.8 Å². The first-order valence-corrected chi connectivity index (χ1v) is 7.28. The summed E-state index contributed by atoms with van der Waals surface area (Å²) in [5.74, 6) is -0.180. The largest absolute Gasteiger partial charge is 0.273 e. The Hall–Kier alpha value is -1.06. The molecular weight excluding hydrogens is 228 g/mol. The topological polar surface area (TPSA) is 58.2 Å². The Kier molecular flexibility index (Phi) is 11.7. The van der Waals surface area contributed by atoms with Crippen molar-refractivity contribution in [1.29, 1.82) is 0 Å². The number of hydrogen-bond acceptors (Lipinski definition) is 2. The Morgan fingerprint density at radius 1 is 0.667 bits per heavy atom. The Morgan fingerprint density at radius 3 is 1.39 bits per heavy atom. The van der Waals surface area contributed by atoms with E-state index in [1.165, 1.54) is 0 Å². The SMILES string of the molecule is CCCCCCC(=O)NNC(=O)CCCCCC. The molecular formula is C14H28N2O2. The van der Waals surface area contributed by atoms with E-state index in [4.69, 9.17) is 0 Å². The van der Waals surface area contributed by atoms with E-state index in [9.17, 15) is 9.59 Å². The third-order valence-corrected chi connectivity index (χ3v) is 2.86. The molecule has 4 nitrogen and oxygen atoms in total. The van der Waals surface area contributed by atoms with Crippen LogP contribution in [0.4, 0.5) is 0 Å². The van der Waals surface area contributed by atoms with Crippen molar-refractivity contribution in [1.82, 2.24) is 10.9 Å². The third-order valence-electron chi connectivity index (χ3n) is 2.86. The maximum Gasteiger partial charge on any atom is 0.238 e. The van der Waals surface area contributed by atoms with Gasteiger partial charge in [0.25, 0.3) is 0 Å². The molecule has 0 atom stereocenters. The van der Waals surface area contributed by atoms with Crippen LogP contribution in [0.1, 0.15) is 78.1 Å². The molecule has 0 aromatic rings. The first-order valence-electron chi connectivity index (χ1n) is 7.28. The lowest BCUT2D eigenvalue weighted by Gasteiger charge is -2.07. The van der Waals surface area contributed by atoms with Gasteiger partial charge in [0.1, 0.15) is 0 Å². The molecule has 0 aromatic heterocycles. The molecule has 0 saturated carbocycles. The van der Waals surface area contributed by atoms with Gasteiger partial charge in [0.05, 0.1) is 0 Å². The van der Waals surface area contributed by atoms with Gasteiger partial charge in [-0.15, -0.1) is 0 Å².